The highest BCUT2D eigenvalue weighted by molar-refractivity contribution is 7.80. The van der Waals surface area contributed by atoms with Gasteiger partial charge in [0.05, 0.1) is 12.0 Å². The van der Waals surface area contributed by atoms with Crippen LogP contribution in [0.1, 0.15) is 32.6 Å². The predicted molar refractivity (Wildman–Crippen MR) is 79.8 cm³/mol. The number of ether oxygens (including phenoxy) is 1. The molecule has 5 nitrogen and oxygen atoms in total. The third-order valence-electron chi connectivity index (χ3n) is 5.27. The Hall–Kier alpha value is -1.01. The SMILES string of the molecule is C[C@@]12OC(=O)[C@]1([C@@H](O)[C@@H]1C=CCCC1)NC(=O)[C@@H]2CCS. The zero-order valence-corrected chi connectivity index (χ0v) is 12.9. The second-order valence-corrected chi connectivity index (χ2v) is 6.77. The van der Waals surface area contributed by atoms with Crippen LogP contribution < -0.4 is 5.32 Å². The molecule has 5 atom stereocenters. The Balaban J connectivity index is 1.94. The Morgan fingerprint density at radius 2 is 2.33 bits per heavy atom. The van der Waals surface area contributed by atoms with E-state index < -0.39 is 29.1 Å². The van der Waals surface area contributed by atoms with Crippen molar-refractivity contribution in [1.82, 2.24) is 5.32 Å². The van der Waals surface area contributed by atoms with Crippen LogP contribution in [0.25, 0.3) is 0 Å². The largest absolute Gasteiger partial charge is 0.453 e. The van der Waals surface area contributed by atoms with Crippen molar-refractivity contribution in [2.75, 3.05) is 5.75 Å². The predicted octanol–water partition coefficient (Wildman–Crippen LogP) is 0.824. The van der Waals surface area contributed by atoms with E-state index in [2.05, 4.69) is 17.9 Å². The summed E-state index contributed by atoms with van der Waals surface area (Å²) in [6.45, 7) is 1.75. The third-order valence-corrected chi connectivity index (χ3v) is 5.53. The van der Waals surface area contributed by atoms with Gasteiger partial charge in [0.1, 0.15) is 0 Å². The maximum Gasteiger partial charge on any atom is 0.339 e. The van der Waals surface area contributed by atoms with Crippen LogP contribution in [0.5, 0.6) is 0 Å². The molecular weight excluding hydrogens is 290 g/mol. The Kier molecular flexibility index (Phi) is 3.56. The molecule has 21 heavy (non-hydrogen) atoms. The number of hydrogen-bond acceptors (Lipinski definition) is 5. The number of fused-ring (bicyclic) bond motifs is 1. The van der Waals surface area contributed by atoms with Crippen molar-refractivity contribution < 1.29 is 19.4 Å². The first-order valence-corrected chi connectivity index (χ1v) is 8.11. The molecule has 0 radical (unpaired) electrons. The molecule has 0 aromatic rings. The van der Waals surface area contributed by atoms with Gasteiger partial charge in [0.25, 0.3) is 0 Å². The van der Waals surface area contributed by atoms with Crippen molar-refractivity contribution in [3.63, 3.8) is 0 Å². The van der Waals surface area contributed by atoms with E-state index in [1.165, 1.54) is 0 Å². The van der Waals surface area contributed by atoms with Crippen molar-refractivity contribution in [2.24, 2.45) is 11.8 Å². The summed E-state index contributed by atoms with van der Waals surface area (Å²) in [5, 5.41) is 13.6. The molecule has 0 aromatic heterocycles. The molecule has 0 saturated carbocycles. The van der Waals surface area contributed by atoms with Gasteiger partial charge in [0, 0.05) is 5.92 Å². The van der Waals surface area contributed by atoms with Crippen molar-refractivity contribution in [2.45, 2.75) is 49.9 Å². The molecule has 0 aromatic carbocycles. The molecule has 0 spiro atoms. The van der Waals surface area contributed by atoms with E-state index in [4.69, 9.17) is 4.74 Å². The van der Waals surface area contributed by atoms with Gasteiger partial charge in [-0.3, -0.25) is 4.79 Å². The second kappa shape index (κ2) is 5.02. The molecule has 2 N–H and O–H groups in total. The molecule has 2 aliphatic heterocycles. The van der Waals surface area contributed by atoms with Gasteiger partial charge in [-0.25, -0.2) is 4.79 Å². The fraction of sp³-hybridized carbons (Fsp3) is 0.733. The van der Waals surface area contributed by atoms with Gasteiger partial charge in [-0.15, -0.1) is 0 Å². The summed E-state index contributed by atoms with van der Waals surface area (Å²) >= 11 is 4.18. The molecule has 116 valence electrons. The third kappa shape index (κ3) is 1.81. The number of aliphatic hydroxyl groups excluding tert-OH is 1. The van der Waals surface area contributed by atoms with Crippen LogP contribution in [0.3, 0.4) is 0 Å². The van der Waals surface area contributed by atoms with E-state index in [0.717, 1.165) is 19.3 Å². The molecule has 1 aliphatic carbocycles. The summed E-state index contributed by atoms with van der Waals surface area (Å²) in [6.07, 6.45) is 6.34. The fourth-order valence-corrected chi connectivity index (χ4v) is 4.27. The number of nitrogens with one attached hydrogen (secondary N) is 1. The maximum atomic E-state index is 12.3. The van der Waals surface area contributed by atoms with Gasteiger partial charge in [-0.2, -0.15) is 12.6 Å². The van der Waals surface area contributed by atoms with Gasteiger partial charge in [0.2, 0.25) is 11.4 Å². The molecule has 3 rings (SSSR count). The number of allylic oxidation sites excluding steroid dienone is 1. The molecule has 2 heterocycles. The summed E-state index contributed by atoms with van der Waals surface area (Å²) in [5.41, 5.74) is -2.28. The zero-order chi connectivity index (χ0) is 15.3. The minimum Gasteiger partial charge on any atom is -0.453 e. The smallest absolute Gasteiger partial charge is 0.339 e. The topological polar surface area (TPSA) is 75.6 Å². The van der Waals surface area contributed by atoms with Crippen molar-refractivity contribution in [1.29, 1.82) is 0 Å². The summed E-state index contributed by atoms with van der Waals surface area (Å²) in [6, 6.07) is 0. The van der Waals surface area contributed by atoms with E-state index in [-0.39, 0.29) is 11.8 Å². The van der Waals surface area contributed by atoms with E-state index in [1.54, 1.807) is 6.92 Å². The fourth-order valence-electron chi connectivity index (χ4n) is 4.01. The van der Waals surface area contributed by atoms with Crippen molar-refractivity contribution in [3.05, 3.63) is 12.2 Å². The lowest BCUT2D eigenvalue weighted by Crippen LogP contribution is -2.80. The monoisotopic (exact) mass is 311 g/mol. The lowest BCUT2D eigenvalue weighted by Gasteiger charge is -2.54. The summed E-state index contributed by atoms with van der Waals surface area (Å²) in [5.74, 6) is -0.792. The minimum absolute atomic E-state index is 0.124. The minimum atomic E-state index is -1.30. The second-order valence-electron chi connectivity index (χ2n) is 6.33. The molecule has 6 heteroatoms. The number of aliphatic hydroxyl groups is 1. The highest BCUT2D eigenvalue weighted by atomic mass is 32.1. The first-order valence-electron chi connectivity index (χ1n) is 7.48. The van der Waals surface area contributed by atoms with Crippen LogP contribution in [-0.4, -0.2) is 40.0 Å². The van der Waals surface area contributed by atoms with Crippen LogP contribution >= 0.6 is 12.6 Å². The average Bonchev–Trinajstić information content (AvgIpc) is 2.65. The molecule has 0 bridgehead atoms. The normalized spacial score (nSPS) is 42.8. The van der Waals surface area contributed by atoms with Crippen LogP contribution in [0.4, 0.5) is 0 Å². The van der Waals surface area contributed by atoms with Crippen LogP contribution in [0, 0.1) is 11.8 Å². The number of rotatable bonds is 4. The van der Waals surface area contributed by atoms with Crippen molar-refractivity contribution >= 4 is 24.5 Å². The summed E-state index contributed by atoms with van der Waals surface area (Å²) in [7, 11) is 0. The molecule has 3 aliphatic rings. The summed E-state index contributed by atoms with van der Waals surface area (Å²) in [4.78, 5) is 24.4. The Labute approximate surface area is 129 Å². The quantitative estimate of drug-likeness (QED) is 0.408. The molecule has 1 amide bonds. The molecular formula is C15H21NO4S. The van der Waals surface area contributed by atoms with Gasteiger partial charge in [-0.05, 0) is 38.4 Å². The Morgan fingerprint density at radius 1 is 1.57 bits per heavy atom. The maximum absolute atomic E-state index is 12.3. The number of thiol groups is 1. The number of amides is 1. The van der Waals surface area contributed by atoms with Gasteiger partial charge >= 0.3 is 5.97 Å². The number of esters is 1. The number of carbonyl (C=O) groups is 2. The Morgan fingerprint density at radius 3 is 2.90 bits per heavy atom. The van der Waals surface area contributed by atoms with Crippen LogP contribution in [0.15, 0.2) is 12.2 Å². The lowest BCUT2D eigenvalue weighted by molar-refractivity contribution is -0.238. The first-order chi connectivity index (χ1) is 9.97. The van der Waals surface area contributed by atoms with Crippen LogP contribution in [0.2, 0.25) is 0 Å². The number of carbonyl (C=O) groups excluding carboxylic acids is 2. The van der Waals surface area contributed by atoms with E-state index in [9.17, 15) is 14.7 Å². The summed E-state index contributed by atoms with van der Waals surface area (Å²) < 4.78 is 5.36. The molecule has 2 saturated heterocycles. The molecule has 0 unspecified atom stereocenters. The highest BCUT2D eigenvalue weighted by Gasteiger charge is 2.79. The lowest BCUT2D eigenvalue weighted by atomic mass is 9.64. The first kappa shape index (κ1) is 14.9. The van der Waals surface area contributed by atoms with Gasteiger partial charge < -0.3 is 15.2 Å². The highest BCUT2D eigenvalue weighted by Crippen LogP contribution is 2.53. The van der Waals surface area contributed by atoms with Crippen LogP contribution in [-0.2, 0) is 14.3 Å². The van der Waals surface area contributed by atoms with Gasteiger partial charge in [-0.1, -0.05) is 12.2 Å². The zero-order valence-electron chi connectivity index (χ0n) is 12.0. The van der Waals surface area contributed by atoms with Gasteiger partial charge in [0.15, 0.2) is 5.60 Å². The Bertz CT molecular complexity index is 508. The van der Waals surface area contributed by atoms with E-state index in [1.807, 2.05) is 12.2 Å². The van der Waals surface area contributed by atoms with E-state index >= 15 is 0 Å². The standard InChI is InChI=1S/C15H21NO4S/c1-14-10(7-8-21)12(18)16-15(14,13(19)20-14)11(17)9-5-3-2-4-6-9/h3,5,9-11,17,21H,2,4,6-8H2,1H3,(H,16,18)/t9-,10+,11+,14+,15+/m1/s1. The number of hydrogen-bond donors (Lipinski definition) is 3. The van der Waals surface area contributed by atoms with Crippen molar-refractivity contribution in [3.8, 4) is 0 Å². The van der Waals surface area contributed by atoms with E-state index in [0.29, 0.717) is 12.2 Å². The molecule has 2 fully saturated rings. The average molecular weight is 311 g/mol.